The van der Waals surface area contributed by atoms with Crippen molar-refractivity contribution in [2.24, 2.45) is 0 Å². The molecule has 0 saturated heterocycles. The molecule has 0 fully saturated rings. The fraction of sp³-hybridized carbons (Fsp3) is 0.538. The van der Waals surface area contributed by atoms with Crippen LogP contribution in [0.4, 0.5) is 8.78 Å². The standard InChI is InChI=1S/C13H19F2NO/c1-8-4-9(2)11(10(3)5-8)6-16-7-12(17)13(14)15/h4-5,12-13,16-17H,6-7H2,1-3H3. The Labute approximate surface area is 101 Å². The number of aliphatic hydroxyl groups is 1. The predicted octanol–water partition coefficient (Wildman–Crippen LogP) is 2.33. The summed E-state index contributed by atoms with van der Waals surface area (Å²) in [6.45, 7) is 6.44. The van der Waals surface area contributed by atoms with Crippen LogP contribution in [0.3, 0.4) is 0 Å². The molecule has 1 aromatic rings. The van der Waals surface area contributed by atoms with Crippen LogP contribution in [-0.2, 0) is 6.54 Å². The topological polar surface area (TPSA) is 32.3 Å². The summed E-state index contributed by atoms with van der Waals surface area (Å²) in [5.74, 6) is 0. The smallest absolute Gasteiger partial charge is 0.265 e. The van der Waals surface area contributed by atoms with Gasteiger partial charge in [0.2, 0.25) is 0 Å². The Bertz CT molecular complexity index is 357. The van der Waals surface area contributed by atoms with Crippen LogP contribution in [-0.4, -0.2) is 24.2 Å². The largest absolute Gasteiger partial charge is 0.386 e. The molecule has 96 valence electrons. The van der Waals surface area contributed by atoms with Crippen LogP contribution >= 0.6 is 0 Å². The van der Waals surface area contributed by atoms with Crippen molar-refractivity contribution < 1.29 is 13.9 Å². The lowest BCUT2D eigenvalue weighted by Crippen LogP contribution is -2.32. The summed E-state index contributed by atoms with van der Waals surface area (Å²) in [6, 6.07) is 4.13. The molecule has 0 spiro atoms. The number of hydrogen-bond acceptors (Lipinski definition) is 2. The third kappa shape index (κ3) is 4.06. The molecular formula is C13H19F2NO. The highest BCUT2D eigenvalue weighted by Crippen LogP contribution is 2.16. The number of halogens is 2. The van der Waals surface area contributed by atoms with Crippen LogP contribution in [0, 0.1) is 20.8 Å². The van der Waals surface area contributed by atoms with Gasteiger partial charge in [0.1, 0.15) is 6.10 Å². The second-order valence-corrected chi connectivity index (χ2v) is 4.41. The Balaban J connectivity index is 2.58. The first-order chi connectivity index (χ1) is 7.91. The Morgan fingerprint density at radius 3 is 2.18 bits per heavy atom. The molecule has 0 amide bonds. The maximum atomic E-state index is 12.1. The first kappa shape index (κ1) is 14.1. The lowest BCUT2D eigenvalue weighted by atomic mass is 10.00. The van der Waals surface area contributed by atoms with Crippen molar-refractivity contribution in [3.8, 4) is 0 Å². The van der Waals surface area contributed by atoms with Crippen molar-refractivity contribution in [2.45, 2.75) is 39.8 Å². The molecule has 1 rings (SSSR count). The molecule has 0 saturated carbocycles. The van der Waals surface area contributed by atoms with E-state index in [1.165, 1.54) is 5.56 Å². The molecule has 0 aliphatic rings. The average Bonchev–Trinajstić information content (AvgIpc) is 2.21. The van der Waals surface area contributed by atoms with Crippen LogP contribution in [0.15, 0.2) is 12.1 Å². The van der Waals surface area contributed by atoms with Gasteiger partial charge in [-0.25, -0.2) is 8.78 Å². The normalized spacial score (nSPS) is 13.1. The molecule has 17 heavy (non-hydrogen) atoms. The Morgan fingerprint density at radius 1 is 1.18 bits per heavy atom. The quantitative estimate of drug-likeness (QED) is 0.832. The van der Waals surface area contributed by atoms with E-state index in [0.717, 1.165) is 16.7 Å². The summed E-state index contributed by atoms with van der Waals surface area (Å²) in [5.41, 5.74) is 4.58. The zero-order chi connectivity index (χ0) is 13.0. The molecule has 4 heteroatoms. The summed E-state index contributed by atoms with van der Waals surface area (Å²) in [7, 11) is 0. The molecule has 0 aromatic heterocycles. The lowest BCUT2D eigenvalue weighted by molar-refractivity contribution is -0.00341. The van der Waals surface area contributed by atoms with Gasteiger partial charge >= 0.3 is 0 Å². The minimum Gasteiger partial charge on any atom is -0.386 e. The molecule has 1 unspecified atom stereocenters. The SMILES string of the molecule is Cc1cc(C)c(CNCC(O)C(F)F)c(C)c1. The van der Waals surface area contributed by atoms with Crippen molar-refractivity contribution in [1.82, 2.24) is 5.32 Å². The highest BCUT2D eigenvalue weighted by molar-refractivity contribution is 5.37. The van der Waals surface area contributed by atoms with E-state index in [1.807, 2.05) is 20.8 Å². The van der Waals surface area contributed by atoms with E-state index in [2.05, 4.69) is 17.4 Å². The van der Waals surface area contributed by atoms with Gasteiger partial charge in [0.15, 0.2) is 0 Å². The van der Waals surface area contributed by atoms with Gasteiger partial charge in [-0.3, -0.25) is 0 Å². The van der Waals surface area contributed by atoms with E-state index >= 15 is 0 Å². The average molecular weight is 243 g/mol. The van der Waals surface area contributed by atoms with E-state index in [0.29, 0.717) is 6.54 Å². The van der Waals surface area contributed by atoms with Crippen LogP contribution in [0.2, 0.25) is 0 Å². The van der Waals surface area contributed by atoms with E-state index in [-0.39, 0.29) is 6.54 Å². The molecule has 2 nitrogen and oxygen atoms in total. The van der Waals surface area contributed by atoms with Crippen LogP contribution in [0.1, 0.15) is 22.3 Å². The number of hydrogen-bond donors (Lipinski definition) is 2. The van der Waals surface area contributed by atoms with Crippen molar-refractivity contribution in [1.29, 1.82) is 0 Å². The van der Waals surface area contributed by atoms with E-state index < -0.39 is 12.5 Å². The minimum absolute atomic E-state index is 0.0928. The first-order valence-electron chi connectivity index (χ1n) is 5.65. The predicted molar refractivity (Wildman–Crippen MR) is 64.4 cm³/mol. The summed E-state index contributed by atoms with van der Waals surface area (Å²) in [5, 5.41) is 11.8. The molecule has 1 aromatic carbocycles. The van der Waals surface area contributed by atoms with E-state index in [9.17, 15) is 8.78 Å². The molecule has 2 N–H and O–H groups in total. The molecule has 0 heterocycles. The molecular weight excluding hydrogens is 224 g/mol. The Morgan fingerprint density at radius 2 is 1.71 bits per heavy atom. The van der Waals surface area contributed by atoms with Crippen molar-refractivity contribution >= 4 is 0 Å². The summed E-state index contributed by atoms with van der Waals surface area (Å²) in [6.07, 6.45) is -4.29. The van der Waals surface area contributed by atoms with Crippen LogP contribution < -0.4 is 5.32 Å². The Kier molecular flexibility index (Phi) is 5.02. The number of alkyl halides is 2. The Hall–Kier alpha value is -1.00. The molecule has 0 radical (unpaired) electrons. The van der Waals surface area contributed by atoms with Gasteiger partial charge in [-0.2, -0.15) is 0 Å². The van der Waals surface area contributed by atoms with Crippen molar-refractivity contribution in [3.63, 3.8) is 0 Å². The number of aryl methyl sites for hydroxylation is 3. The van der Waals surface area contributed by atoms with Crippen LogP contribution in [0.25, 0.3) is 0 Å². The third-order valence-electron chi connectivity index (χ3n) is 2.79. The summed E-state index contributed by atoms with van der Waals surface area (Å²) >= 11 is 0. The summed E-state index contributed by atoms with van der Waals surface area (Å²) < 4.78 is 24.2. The number of benzene rings is 1. The monoisotopic (exact) mass is 243 g/mol. The van der Waals surface area contributed by atoms with Crippen molar-refractivity contribution in [2.75, 3.05) is 6.54 Å². The highest BCUT2D eigenvalue weighted by Gasteiger charge is 2.16. The fourth-order valence-electron chi connectivity index (χ4n) is 1.92. The molecule has 0 bridgehead atoms. The number of rotatable bonds is 5. The van der Waals surface area contributed by atoms with Crippen LogP contribution in [0.5, 0.6) is 0 Å². The third-order valence-corrected chi connectivity index (χ3v) is 2.79. The van der Waals surface area contributed by atoms with E-state index in [4.69, 9.17) is 5.11 Å². The summed E-state index contributed by atoms with van der Waals surface area (Å²) in [4.78, 5) is 0. The number of nitrogens with one attached hydrogen (secondary N) is 1. The second kappa shape index (κ2) is 6.07. The van der Waals surface area contributed by atoms with Gasteiger partial charge in [0.05, 0.1) is 0 Å². The van der Waals surface area contributed by atoms with Gasteiger partial charge in [-0.05, 0) is 37.5 Å². The van der Waals surface area contributed by atoms with E-state index in [1.54, 1.807) is 0 Å². The second-order valence-electron chi connectivity index (χ2n) is 4.41. The molecule has 0 aliphatic carbocycles. The van der Waals surface area contributed by atoms with Gasteiger partial charge in [-0.15, -0.1) is 0 Å². The highest BCUT2D eigenvalue weighted by atomic mass is 19.3. The lowest BCUT2D eigenvalue weighted by Gasteiger charge is -2.14. The van der Waals surface area contributed by atoms with Gasteiger partial charge < -0.3 is 10.4 Å². The molecule has 0 aliphatic heterocycles. The zero-order valence-corrected chi connectivity index (χ0v) is 10.4. The first-order valence-corrected chi connectivity index (χ1v) is 5.65. The van der Waals surface area contributed by atoms with Gasteiger partial charge in [-0.1, -0.05) is 17.7 Å². The van der Waals surface area contributed by atoms with Gasteiger partial charge in [0.25, 0.3) is 6.43 Å². The maximum Gasteiger partial charge on any atom is 0.265 e. The minimum atomic E-state index is -2.69. The molecule has 1 atom stereocenters. The number of aliphatic hydroxyl groups excluding tert-OH is 1. The van der Waals surface area contributed by atoms with Gasteiger partial charge in [0, 0.05) is 13.1 Å². The zero-order valence-electron chi connectivity index (χ0n) is 10.4. The van der Waals surface area contributed by atoms with Crippen molar-refractivity contribution in [3.05, 3.63) is 34.4 Å². The fourth-order valence-corrected chi connectivity index (χ4v) is 1.92. The maximum absolute atomic E-state index is 12.1.